The number of aliphatic hydroxyl groups excluding tert-OH is 1. The number of carboxylic acid groups (broad SMARTS) is 1. The van der Waals surface area contributed by atoms with Gasteiger partial charge in [-0.05, 0) is 116 Å². The average Bonchev–Trinajstić information content (AvgIpc) is 2.75. The van der Waals surface area contributed by atoms with E-state index in [9.17, 15) is 19.8 Å². The fourth-order valence-electron chi connectivity index (χ4n) is 9.29. The Morgan fingerprint density at radius 2 is 1.55 bits per heavy atom. The number of aliphatic hydroxyl groups is 1. The molecule has 0 aromatic carbocycles. The highest BCUT2D eigenvalue weighted by molar-refractivity contribution is 6.06. The third-order valence-corrected chi connectivity index (χ3v) is 12.0. The summed E-state index contributed by atoms with van der Waals surface area (Å²) >= 11 is 0. The number of fused-ring (bicyclic) bond motifs is 7. The summed E-state index contributed by atoms with van der Waals surface area (Å²) in [5.41, 5.74) is 2.51. The van der Waals surface area contributed by atoms with Crippen molar-refractivity contribution in [1.82, 2.24) is 0 Å². The molecule has 0 unspecified atom stereocenters. The number of aliphatic carboxylic acids is 1. The quantitative estimate of drug-likeness (QED) is 0.460. The van der Waals surface area contributed by atoms with Gasteiger partial charge in [0.05, 0.1) is 5.41 Å². The monoisotopic (exact) mass is 452 g/mol. The maximum atomic E-state index is 12.6. The fraction of sp³-hybridized carbons (Fsp3) is 0.724. The number of carbonyl (C=O) groups excluding carboxylic acids is 1. The number of allylic oxidation sites excluding steroid dienone is 5. The number of rotatable bonds is 1. The number of hydrogen-bond donors (Lipinski definition) is 2. The molecule has 0 amide bonds. The summed E-state index contributed by atoms with van der Waals surface area (Å²) in [5, 5.41) is 20.4. The van der Waals surface area contributed by atoms with Crippen molar-refractivity contribution < 1.29 is 19.8 Å². The summed E-state index contributed by atoms with van der Waals surface area (Å²) in [7, 11) is 0. The first-order chi connectivity index (χ1) is 15.2. The first-order valence-electron chi connectivity index (χ1n) is 12.8. The number of hydrogen-bond acceptors (Lipinski definition) is 3. The molecule has 0 heterocycles. The Hall–Kier alpha value is -1.84. The van der Waals surface area contributed by atoms with Crippen LogP contribution in [0, 0.1) is 38.9 Å². The Kier molecular flexibility index (Phi) is 4.61. The third kappa shape index (κ3) is 2.70. The van der Waals surface area contributed by atoms with Gasteiger partial charge in [0.2, 0.25) is 5.78 Å². The molecule has 0 aliphatic heterocycles. The molecule has 180 valence electrons. The maximum absolute atomic E-state index is 12.6. The fourth-order valence-corrected chi connectivity index (χ4v) is 9.29. The van der Waals surface area contributed by atoms with Crippen LogP contribution in [-0.4, -0.2) is 22.0 Å². The Morgan fingerprint density at radius 1 is 0.939 bits per heavy atom. The summed E-state index contributed by atoms with van der Waals surface area (Å²) in [6.45, 7) is 13.6. The standard InChI is InChI=1S/C29H40O4/c1-17-18-7-8-21-27(4,19(18)15-20(30)23(17)31)12-14-29(6)22-16-26(3,24(32)33)10-9-25(22,2)11-13-28(21,29)5/h7,15,21-22,31H,8-14,16H2,1-6H3,(H,32,33)/t21-,22+,25+,26+,27-,28+,29-/m0/s1. The lowest BCUT2D eigenvalue weighted by atomic mass is 9.32. The molecule has 5 rings (SSSR count). The van der Waals surface area contributed by atoms with Gasteiger partial charge in [-0.25, -0.2) is 0 Å². The third-order valence-electron chi connectivity index (χ3n) is 12.0. The van der Waals surface area contributed by atoms with Gasteiger partial charge in [0.25, 0.3) is 0 Å². The molecular weight excluding hydrogens is 412 g/mol. The van der Waals surface area contributed by atoms with Crippen molar-refractivity contribution in [3.8, 4) is 0 Å². The van der Waals surface area contributed by atoms with E-state index in [0.717, 1.165) is 68.1 Å². The van der Waals surface area contributed by atoms with Gasteiger partial charge in [-0.2, -0.15) is 0 Å². The van der Waals surface area contributed by atoms with Crippen molar-refractivity contribution in [2.24, 2.45) is 38.9 Å². The van der Waals surface area contributed by atoms with E-state index in [4.69, 9.17) is 0 Å². The molecule has 3 fully saturated rings. The van der Waals surface area contributed by atoms with Crippen LogP contribution < -0.4 is 0 Å². The Morgan fingerprint density at radius 3 is 2.21 bits per heavy atom. The van der Waals surface area contributed by atoms with Gasteiger partial charge < -0.3 is 10.2 Å². The zero-order valence-electron chi connectivity index (χ0n) is 21.2. The second-order valence-corrected chi connectivity index (χ2v) is 13.3. The van der Waals surface area contributed by atoms with E-state index in [2.05, 4.69) is 33.8 Å². The molecular formula is C29H40O4. The molecule has 5 aliphatic rings. The van der Waals surface area contributed by atoms with Crippen molar-refractivity contribution >= 4 is 11.8 Å². The van der Waals surface area contributed by atoms with Gasteiger partial charge in [-0.15, -0.1) is 0 Å². The lowest BCUT2D eigenvalue weighted by Crippen LogP contribution is -2.64. The molecule has 0 aromatic rings. The van der Waals surface area contributed by atoms with Gasteiger partial charge >= 0.3 is 5.97 Å². The summed E-state index contributed by atoms with van der Waals surface area (Å²) in [6.07, 6.45) is 11.8. The SMILES string of the molecule is CC1=C(O)C(=O)C=C2C1=CC[C@H]1[C@@]2(C)CC[C@@]2(C)[C@@H]3C[C@](C)(C(=O)O)CC[C@]3(C)CC[C@]12C. The van der Waals surface area contributed by atoms with E-state index in [1.807, 2.05) is 13.8 Å². The normalized spacial score (nSPS) is 49.2. The lowest BCUT2D eigenvalue weighted by Gasteiger charge is -2.72. The van der Waals surface area contributed by atoms with Gasteiger partial charge in [0, 0.05) is 5.57 Å². The van der Waals surface area contributed by atoms with Crippen molar-refractivity contribution in [1.29, 1.82) is 0 Å². The number of carbonyl (C=O) groups is 2. The predicted molar refractivity (Wildman–Crippen MR) is 129 cm³/mol. The topological polar surface area (TPSA) is 74.6 Å². The summed E-state index contributed by atoms with van der Waals surface area (Å²) in [6, 6.07) is 0. The lowest BCUT2D eigenvalue weighted by molar-refractivity contribution is -0.217. The molecule has 2 N–H and O–H groups in total. The summed E-state index contributed by atoms with van der Waals surface area (Å²) in [4.78, 5) is 24.9. The van der Waals surface area contributed by atoms with Crippen LogP contribution in [0.3, 0.4) is 0 Å². The van der Waals surface area contributed by atoms with E-state index in [1.54, 1.807) is 6.08 Å². The van der Waals surface area contributed by atoms with E-state index < -0.39 is 11.4 Å². The minimum atomic E-state index is -0.640. The molecule has 3 saturated carbocycles. The van der Waals surface area contributed by atoms with Crippen molar-refractivity contribution in [2.45, 2.75) is 92.9 Å². The zero-order chi connectivity index (χ0) is 24.2. The molecule has 0 bridgehead atoms. The first kappa shape index (κ1) is 22.9. The van der Waals surface area contributed by atoms with Crippen LogP contribution in [0.15, 0.2) is 34.6 Å². The van der Waals surface area contributed by atoms with Gasteiger partial charge in [0.15, 0.2) is 5.76 Å². The highest BCUT2D eigenvalue weighted by Crippen LogP contribution is 2.76. The van der Waals surface area contributed by atoms with E-state index in [-0.39, 0.29) is 33.2 Å². The first-order valence-corrected chi connectivity index (χ1v) is 12.8. The summed E-state index contributed by atoms with van der Waals surface area (Å²) < 4.78 is 0. The number of carboxylic acids is 1. The molecule has 4 heteroatoms. The van der Waals surface area contributed by atoms with Crippen LogP contribution in [0.5, 0.6) is 0 Å². The highest BCUT2D eigenvalue weighted by Gasteiger charge is 2.68. The van der Waals surface area contributed by atoms with Crippen LogP contribution >= 0.6 is 0 Å². The molecule has 0 saturated heterocycles. The number of ketones is 1. The smallest absolute Gasteiger partial charge is 0.309 e. The Bertz CT molecular complexity index is 1050. The van der Waals surface area contributed by atoms with Crippen LogP contribution in [0.25, 0.3) is 0 Å². The van der Waals surface area contributed by atoms with Crippen LogP contribution in [0.2, 0.25) is 0 Å². The van der Waals surface area contributed by atoms with Gasteiger partial charge in [-0.3, -0.25) is 9.59 Å². The Balaban J connectivity index is 1.60. The van der Waals surface area contributed by atoms with Crippen molar-refractivity contribution in [2.75, 3.05) is 0 Å². The minimum Gasteiger partial charge on any atom is -0.504 e. The largest absolute Gasteiger partial charge is 0.504 e. The zero-order valence-corrected chi connectivity index (χ0v) is 21.2. The molecule has 0 aromatic heterocycles. The van der Waals surface area contributed by atoms with Crippen LogP contribution in [0.1, 0.15) is 92.9 Å². The second kappa shape index (κ2) is 6.64. The van der Waals surface area contributed by atoms with E-state index in [0.29, 0.717) is 11.8 Å². The summed E-state index contributed by atoms with van der Waals surface area (Å²) in [5.74, 6) is -0.217. The van der Waals surface area contributed by atoms with Gasteiger partial charge in [0.1, 0.15) is 0 Å². The van der Waals surface area contributed by atoms with E-state index in [1.165, 1.54) is 0 Å². The van der Waals surface area contributed by atoms with Crippen molar-refractivity contribution in [3.63, 3.8) is 0 Å². The molecule has 0 radical (unpaired) electrons. The highest BCUT2D eigenvalue weighted by atomic mass is 16.4. The van der Waals surface area contributed by atoms with Crippen LogP contribution in [-0.2, 0) is 9.59 Å². The van der Waals surface area contributed by atoms with Crippen LogP contribution in [0.4, 0.5) is 0 Å². The molecule has 4 nitrogen and oxygen atoms in total. The molecule has 5 aliphatic carbocycles. The van der Waals surface area contributed by atoms with Crippen molar-refractivity contribution in [3.05, 3.63) is 34.6 Å². The predicted octanol–water partition coefficient (Wildman–Crippen LogP) is 6.78. The average molecular weight is 453 g/mol. The molecule has 0 spiro atoms. The Labute approximate surface area is 198 Å². The van der Waals surface area contributed by atoms with Gasteiger partial charge in [-0.1, -0.05) is 33.8 Å². The van der Waals surface area contributed by atoms with E-state index >= 15 is 0 Å². The maximum Gasteiger partial charge on any atom is 0.309 e. The second-order valence-electron chi connectivity index (χ2n) is 13.3. The minimum absolute atomic E-state index is 0.0684. The molecule has 7 atom stereocenters. The molecule has 33 heavy (non-hydrogen) atoms.